The summed E-state index contributed by atoms with van der Waals surface area (Å²) in [7, 11) is 0. The van der Waals surface area contributed by atoms with Gasteiger partial charge < -0.3 is 0 Å². The molecular formula is C23H22N2O2. The van der Waals surface area contributed by atoms with Crippen LogP contribution < -0.4 is 9.80 Å². The maximum Gasteiger partial charge on any atom is 0.229 e. The first kappa shape index (κ1) is 17.3. The molecule has 136 valence electrons. The molecule has 2 aromatic rings. The average molecular weight is 358 g/mol. The fraction of sp³-hybridized carbons (Fsp3) is 0.217. The van der Waals surface area contributed by atoms with E-state index in [0.29, 0.717) is 25.7 Å². The molecule has 4 nitrogen and oxygen atoms in total. The fourth-order valence-corrected chi connectivity index (χ4v) is 4.26. The first-order chi connectivity index (χ1) is 13.1. The Morgan fingerprint density at radius 1 is 0.704 bits per heavy atom. The molecule has 27 heavy (non-hydrogen) atoms. The minimum Gasteiger partial charge on any atom is -0.288 e. The van der Waals surface area contributed by atoms with Crippen LogP contribution in [0, 0.1) is 0 Å². The van der Waals surface area contributed by atoms with Crippen molar-refractivity contribution in [1.29, 1.82) is 0 Å². The molecule has 2 fully saturated rings. The van der Waals surface area contributed by atoms with Gasteiger partial charge in [0.2, 0.25) is 11.8 Å². The van der Waals surface area contributed by atoms with E-state index in [9.17, 15) is 9.59 Å². The SMILES string of the molecule is C=Cc1ccc(N2C(=O)CCC23CCC(=O)N3c2ccc(C=C)cc2)cc1. The summed E-state index contributed by atoms with van der Waals surface area (Å²) in [5.74, 6) is 0.118. The van der Waals surface area contributed by atoms with Crippen molar-refractivity contribution < 1.29 is 9.59 Å². The van der Waals surface area contributed by atoms with Gasteiger partial charge in [0.15, 0.2) is 0 Å². The van der Waals surface area contributed by atoms with Crippen molar-refractivity contribution in [3.05, 3.63) is 72.8 Å². The summed E-state index contributed by atoms with van der Waals surface area (Å²) in [5.41, 5.74) is 3.02. The Morgan fingerprint density at radius 2 is 1.07 bits per heavy atom. The number of carbonyl (C=O) groups is 2. The second-order valence-electron chi connectivity index (χ2n) is 7.03. The molecule has 0 aliphatic carbocycles. The third-order valence-electron chi connectivity index (χ3n) is 5.58. The number of anilines is 2. The van der Waals surface area contributed by atoms with Gasteiger partial charge in [0.1, 0.15) is 5.66 Å². The van der Waals surface area contributed by atoms with E-state index >= 15 is 0 Å². The van der Waals surface area contributed by atoms with E-state index in [1.54, 1.807) is 12.2 Å². The molecule has 2 aromatic carbocycles. The number of amides is 2. The molecule has 2 aliphatic rings. The van der Waals surface area contributed by atoms with Gasteiger partial charge in [0.05, 0.1) is 0 Å². The standard InChI is InChI=1S/C23H22N2O2/c1-3-17-5-9-19(10-6-17)24-21(26)13-15-23(24)16-14-22(27)25(23)20-11-7-18(4-2)8-12-20/h3-12H,1-2,13-16H2. The van der Waals surface area contributed by atoms with Crippen LogP contribution in [0.25, 0.3) is 12.2 Å². The normalized spacial score (nSPS) is 18.4. The topological polar surface area (TPSA) is 40.6 Å². The molecule has 2 aliphatic heterocycles. The second kappa shape index (κ2) is 6.54. The molecule has 2 heterocycles. The molecule has 2 amide bonds. The lowest BCUT2D eigenvalue weighted by Crippen LogP contribution is -2.56. The van der Waals surface area contributed by atoms with Gasteiger partial charge in [-0.3, -0.25) is 19.4 Å². The van der Waals surface area contributed by atoms with E-state index < -0.39 is 5.66 Å². The van der Waals surface area contributed by atoms with Gasteiger partial charge >= 0.3 is 0 Å². The van der Waals surface area contributed by atoms with Crippen LogP contribution in [0.3, 0.4) is 0 Å². The summed E-state index contributed by atoms with van der Waals surface area (Å²) in [6.07, 6.45) is 5.72. The van der Waals surface area contributed by atoms with Crippen molar-refractivity contribution in [3.63, 3.8) is 0 Å². The molecule has 1 spiro atoms. The van der Waals surface area contributed by atoms with E-state index in [2.05, 4.69) is 13.2 Å². The average Bonchev–Trinajstić information content (AvgIpc) is 3.21. The Hall–Kier alpha value is -3.14. The summed E-state index contributed by atoms with van der Waals surface area (Å²) < 4.78 is 0. The van der Waals surface area contributed by atoms with Crippen molar-refractivity contribution in [3.8, 4) is 0 Å². The third-order valence-corrected chi connectivity index (χ3v) is 5.58. The minimum absolute atomic E-state index is 0.0590. The van der Waals surface area contributed by atoms with E-state index in [0.717, 1.165) is 22.5 Å². The number of hydrogen-bond acceptors (Lipinski definition) is 2. The number of carbonyl (C=O) groups excluding carboxylic acids is 2. The second-order valence-corrected chi connectivity index (χ2v) is 7.03. The largest absolute Gasteiger partial charge is 0.288 e. The molecule has 0 unspecified atom stereocenters. The number of hydrogen-bond donors (Lipinski definition) is 0. The molecule has 0 N–H and O–H groups in total. The first-order valence-corrected chi connectivity index (χ1v) is 9.20. The molecule has 2 saturated heterocycles. The maximum absolute atomic E-state index is 12.8. The van der Waals surface area contributed by atoms with Crippen molar-refractivity contribution >= 4 is 35.3 Å². The molecule has 0 saturated carbocycles. The molecule has 4 rings (SSSR count). The van der Waals surface area contributed by atoms with Crippen LogP contribution in [0.4, 0.5) is 11.4 Å². The van der Waals surface area contributed by atoms with Crippen LogP contribution >= 0.6 is 0 Å². The van der Waals surface area contributed by atoms with E-state index in [-0.39, 0.29) is 11.8 Å². The third kappa shape index (κ3) is 2.69. The van der Waals surface area contributed by atoms with Gasteiger partial charge in [-0.25, -0.2) is 0 Å². The summed E-state index contributed by atoms with van der Waals surface area (Å²) in [5, 5.41) is 0. The van der Waals surface area contributed by atoms with Gasteiger partial charge in [-0.1, -0.05) is 49.6 Å². The highest BCUT2D eigenvalue weighted by molar-refractivity contribution is 6.05. The Bertz CT molecular complexity index is 835. The Balaban J connectivity index is 1.79. The van der Waals surface area contributed by atoms with Gasteiger partial charge in [0.25, 0.3) is 0 Å². The van der Waals surface area contributed by atoms with Crippen molar-refractivity contribution in [1.82, 2.24) is 0 Å². The van der Waals surface area contributed by atoms with Crippen LogP contribution in [-0.4, -0.2) is 17.5 Å². The zero-order valence-electron chi connectivity index (χ0n) is 15.2. The smallest absolute Gasteiger partial charge is 0.229 e. The zero-order chi connectivity index (χ0) is 19.0. The van der Waals surface area contributed by atoms with Crippen LogP contribution in [0.15, 0.2) is 61.7 Å². The van der Waals surface area contributed by atoms with Gasteiger partial charge in [-0.2, -0.15) is 0 Å². The lowest BCUT2D eigenvalue weighted by molar-refractivity contribution is -0.117. The summed E-state index contributed by atoms with van der Waals surface area (Å²) in [6, 6.07) is 15.5. The van der Waals surface area contributed by atoms with Gasteiger partial charge in [-0.05, 0) is 48.2 Å². The van der Waals surface area contributed by atoms with Crippen LogP contribution in [0.5, 0.6) is 0 Å². The highest BCUT2D eigenvalue weighted by Gasteiger charge is 2.56. The summed E-state index contributed by atoms with van der Waals surface area (Å²) in [4.78, 5) is 29.3. The van der Waals surface area contributed by atoms with E-state index in [4.69, 9.17) is 0 Å². The van der Waals surface area contributed by atoms with E-state index in [1.807, 2.05) is 58.3 Å². The van der Waals surface area contributed by atoms with Gasteiger partial charge in [-0.15, -0.1) is 0 Å². The van der Waals surface area contributed by atoms with Crippen LogP contribution in [-0.2, 0) is 9.59 Å². The lowest BCUT2D eigenvalue weighted by Gasteiger charge is -2.42. The van der Waals surface area contributed by atoms with Crippen molar-refractivity contribution in [2.75, 3.05) is 9.80 Å². The molecule has 0 radical (unpaired) electrons. The molecular weight excluding hydrogens is 336 g/mol. The summed E-state index contributed by atoms with van der Waals surface area (Å²) in [6.45, 7) is 7.56. The Morgan fingerprint density at radius 3 is 1.41 bits per heavy atom. The predicted molar refractivity (Wildman–Crippen MR) is 109 cm³/mol. The van der Waals surface area contributed by atoms with E-state index in [1.165, 1.54) is 0 Å². The predicted octanol–water partition coefficient (Wildman–Crippen LogP) is 4.62. The van der Waals surface area contributed by atoms with Crippen LogP contribution in [0.2, 0.25) is 0 Å². The Kier molecular flexibility index (Phi) is 4.19. The molecule has 0 bridgehead atoms. The molecule has 0 atom stereocenters. The quantitative estimate of drug-likeness (QED) is 0.800. The number of benzene rings is 2. The van der Waals surface area contributed by atoms with Gasteiger partial charge in [0, 0.05) is 24.2 Å². The highest BCUT2D eigenvalue weighted by atomic mass is 16.2. The monoisotopic (exact) mass is 358 g/mol. The fourth-order valence-electron chi connectivity index (χ4n) is 4.26. The maximum atomic E-state index is 12.8. The highest BCUT2D eigenvalue weighted by Crippen LogP contribution is 2.47. The first-order valence-electron chi connectivity index (χ1n) is 9.20. The van der Waals surface area contributed by atoms with Crippen molar-refractivity contribution in [2.45, 2.75) is 31.3 Å². The molecule has 0 aromatic heterocycles. The molecule has 4 heteroatoms. The minimum atomic E-state index is -0.625. The number of nitrogens with zero attached hydrogens (tertiary/aromatic N) is 2. The van der Waals surface area contributed by atoms with Crippen molar-refractivity contribution in [2.24, 2.45) is 0 Å². The summed E-state index contributed by atoms with van der Waals surface area (Å²) >= 11 is 0. The van der Waals surface area contributed by atoms with Crippen LogP contribution in [0.1, 0.15) is 36.8 Å². The Labute approximate surface area is 159 Å². The lowest BCUT2D eigenvalue weighted by atomic mass is 10.0. The zero-order valence-corrected chi connectivity index (χ0v) is 15.2. The number of rotatable bonds is 4.